The van der Waals surface area contributed by atoms with Gasteiger partial charge in [0.05, 0.1) is 5.39 Å². The molecule has 2 N–H and O–H groups in total. The van der Waals surface area contributed by atoms with E-state index in [1.165, 1.54) is 0 Å². The largest absolute Gasteiger partial charge is 0.396 e. The molecule has 0 saturated carbocycles. The van der Waals surface area contributed by atoms with Crippen molar-refractivity contribution in [1.29, 1.82) is 0 Å². The van der Waals surface area contributed by atoms with Gasteiger partial charge < -0.3 is 10.4 Å². The van der Waals surface area contributed by atoms with Gasteiger partial charge in [-0.3, -0.25) is 0 Å². The van der Waals surface area contributed by atoms with E-state index in [0.717, 1.165) is 34.7 Å². The second-order valence-electron chi connectivity index (χ2n) is 4.04. The highest BCUT2D eigenvalue weighted by atomic mass is 32.1. The van der Waals surface area contributed by atoms with Gasteiger partial charge >= 0.3 is 0 Å². The Hall–Kier alpha value is -1.20. The minimum Gasteiger partial charge on any atom is -0.396 e. The highest BCUT2D eigenvalue weighted by molar-refractivity contribution is 7.16. The number of aromatic nitrogens is 2. The fourth-order valence-electron chi connectivity index (χ4n) is 1.67. The van der Waals surface area contributed by atoms with Gasteiger partial charge in [-0.1, -0.05) is 6.92 Å². The smallest absolute Gasteiger partial charge is 0.138 e. The number of hydrogen-bond donors (Lipinski definition) is 2. The van der Waals surface area contributed by atoms with Gasteiger partial charge in [0.1, 0.15) is 16.5 Å². The molecule has 5 heteroatoms. The van der Waals surface area contributed by atoms with Crippen molar-refractivity contribution in [2.75, 3.05) is 11.9 Å². The minimum absolute atomic E-state index is 0.187. The van der Waals surface area contributed by atoms with Crippen LogP contribution in [0.15, 0.2) is 11.4 Å². The van der Waals surface area contributed by atoms with Crippen molar-refractivity contribution in [2.45, 2.75) is 32.7 Å². The number of aliphatic hydroxyl groups is 1. The summed E-state index contributed by atoms with van der Waals surface area (Å²) in [6.07, 6.45) is 1.55. The van der Waals surface area contributed by atoms with Crippen LogP contribution in [0.5, 0.6) is 0 Å². The molecule has 0 unspecified atom stereocenters. The van der Waals surface area contributed by atoms with Crippen LogP contribution in [-0.2, 0) is 6.42 Å². The van der Waals surface area contributed by atoms with Crippen molar-refractivity contribution < 1.29 is 5.11 Å². The summed E-state index contributed by atoms with van der Waals surface area (Å²) in [6, 6.07) is 2.25. The molecule has 0 radical (unpaired) electrons. The van der Waals surface area contributed by atoms with E-state index in [9.17, 15) is 0 Å². The van der Waals surface area contributed by atoms with Crippen molar-refractivity contribution in [3.05, 3.63) is 17.3 Å². The molecule has 92 valence electrons. The van der Waals surface area contributed by atoms with Crippen molar-refractivity contribution in [3.8, 4) is 0 Å². The molecule has 0 aromatic carbocycles. The molecule has 0 aliphatic carbocycles. The summed E-state index contributed by atoms with van der Waals surface area (Å²) >= 11 is 1.63. The maximum Gasteiger partial charge on any atom is 0.138 e. The normalized spacial score (nSPS) is 12.9. The van der Waals surface area contributed by atoms with Crippen LogP contribution in [0.2, 0.25) is 0 Å². The SMILES string of the molecule is CCc1nc(N[C@@H](C)CCO)c2ccsc2n1. The molecule has 0 aliphatic rings. The summed E-state index contributed by atoms with van der Waals surface area (Å²) in [5, 5.41) is 15.4. The predicted octanol–water partition coefficient (Wildman–Crippen LogP) is 2.44. The van der Waals surface area contributed by atoms with Gasteiger partial charge in [-0.05, 0) is 24.8 Å². The van der Waals surface area contributed by atoms with Crippen LogP contribution < -0.4 is 5.32 Å². The molecular formula is C12H17N3OS. The Morgan fingerprint density at radius 2 is 2.29 bits per heavy atom. The Balaban J connectivity index is 2.33. The van der Waals surface area contributed by atoms with E-state index in [0.29, 0.717) is 0 Å². The molecule has 0 aliphatic heterocycles. The fourth-order valence-corrected chi connectivity index (χ4v) is 2.45. The number of rotatable bonds is 5. The van der Waals surface area contributed by atoms with Crippen LogP contribution >= 0.6 is 11.3 Å². The highest BCUT2D eigenvalue weighted by Crippen LogP contribution is 2.25. The summed E-state index contributed by atoms with van der Waals surface area (Å²) in [5.41, 5.74) is 0. The number of aliphatic hydroxyl groups excluding tert-OH is 1. The van der Waals surface area contributed by atoms with E-state index in [1.807, 2.05) is 18.4 Å². The van der Waals surface area contributed by atoms with E-state index in [4.69, 9.17) is 5.11 Å². The minimum atomic E-state index is 0.187. The van der Waals surface area contributed by atoms with Crippen LogP contribution in [-0.4, -0.2) is 27.7 Å². The Morgan fingerprint density at radius 1 is 1.47 bits per heavy atom. The second kappa shape index (κ2) is 5.42. The predicted molar refractivity (Wildman–Crippen MR) is 71.6 cm³/mol. The van der Waals surface area contributed by atoms with E-state index >= 15 is 0 Å². The Bertz CT molecular complexity index is 497. The number of hydrogen-bond acceptors (Lipinski definition) is 5. The van der Waals surface area contributed by atoms with Crippen LogP contribution in [0.3, 0.4) is 0 Å². The molecule has 4 nitrogen and oxygen atoms in total. The third kappa shape index (κ3) is 2.73. The lowest BCUT2D eigenvalue weighted by molar-refractivity contribution is 0.282. The first-order valence-corrected chi connectivity index (χ1v) is 6.74. The molecule has 2 aromatic heterocycles. The third-order valence-corrected chi connectivity index (χ3v) is 3.44. The second-order valence-corrected chi connectivity index (χ2v) is 4.93. The number of anilines is 1. The zero-order valence-electron chi connectivity index (χ0n) is 10.1. The number of thiophene rings is 1. The first-order valence-electron chi connectivity index (χ1n) is 5.86. The lowest BCUT2D eigenvalue weighted by Gasteiger charge is -2.14. The molecule has 2 rings (SSSR count). The average Bonchev–Trinajstić information content (AvgIpc) is 2.77. The van der Waals surface area contributed by atoms with Gasteiger partial charge in [-0.25, -0.2) is 9.97 Å². The number of aryl methyl sites for hydroxylation is 1. The van der Waals surface area contributed by atoms with E-state index in [2.05, 4.69) is 22.2 Å². The van der Waals surface area contributed by atoms with Crippen molar-refractivity contribution in [3.63, 3.8) is 0 Å². The molecule has 0 amide bonds. The molecule has 0 fully saturated rings. The molecule has 2 heterocycles. The van der Waals surface area contributed by atoms with E-state index in [1.54, 1.807) is 11.3 Å². The van der Waals surface area contributed by atoms with E-state index < -0.39 is 0 Å². The Kier molecular flexibility index (Phi) is 3.91. The highest BCUT2D eigenvalue weighted by Gasteiger charge is 2.10. The van der Waals surface area contributed by atoms with Gasteiger partial charge in [-0.15, -0.1) is 11.3 Å². The molecule has 1 atom stereocenters. The molecule has 2 aromatic rings. The Morgan fingerprint density at radius 3 is 3.00 bits per heavy atom. The Labute approximate surface area is 105 Å². The topological polar surface area (TPSA) is 58.0 Å². The van der Waals surface area contributed by atoms with Crippen LogP contribution in [0.4, 0.5) is 5.82 Å². The monoisotopic (exact) mass is 251 g/mol. The lowest BCUT2D eigenvalue weighted by atomic mass is 10.2. The maximum absolute atomic E-state index is 8.92. The van der Waals surface area contributed by atoms with Crippen LogP contribution in [0, 0.1) is 0 Å². The first kappa shape index (κ1) is 12.3. The molecule has 0 spiro atoms. The lowest BCUT2D eigenvalue weighted by Crippen LogP contribution is -2.18. The zero-order valence-corrected chi connectivity index (χ0v) is 10.9. The van der Waals surface area contributed by atoms with Gasteiger partial charge in [0, 0.05) is 19.1 Å². The van der Waals surface area contributed by atoms with Crippen molar-refractivity contribution in [2.24, 2.45) is 0 Å². The van der Waals surface area contributed by atoms with Gasteiger partial charge in [0.15, 0.2) is 0 Å². The number of fused-ring (bicyclic) bond motifs is 1. The number of nitrogens with one attached hydrogen (secondary N) is 1. The maximum atomic E-state index is 8.92. The summed E-state index contributed by atoms with van der Waals surface area (Å²) in [4.78, 5) is 10.0. The van der Waals surface area contributed by atoms with Crippen molar-refractivity contribution >= 4 is 27.4 Å². The average molecular weight is 251 g/mol. The van der Waals surface area contributed by atoms with Crippen molar-refractivity contribution in [1.82, 2.24) is 9.97 Å². The molecule has 0 bridgehead atoms. The first-order chi connectivity index (χ1) is 8.24. The summed E-state index contributed by atoms with van der Waals surface area (Å²) in [5.74, 6) is 1.74. The quantitative estimate of drug-likeness (QED) is 0.857. The zero-order chi connectivity index (χ0) is 12.3. The summed E-state index contributed by atoms with van der Waals surface area (Å²) in [6.45, 7) is 4.28. The fraction of sp³-hybridized carbons (Fsp3) is 0.500. The summed E-state index contributed by atoms with van der Waals surface area (Å²) in [7, 11) is 0. The number of nitrogens with zero attached hydrogens (tertiary/aromatic N) is 2. The standard InChI is InChI=1S/C12H17N3OS/c1-3-10-14-11(13-8(2)4-6-16)9-5-7-17-12(9)15-10/h5,7-8,16H,3-4,6H2,1-2H3,(H,13,14,15)/t8-/m0/s1. The van der Waals surface area contributed by atoms with Crippen LogP contribution in [0.25, 0.3) is 10.2 Å². The molecule has 17 heavy (non-hydrogen) atoms. The van der Waals surface area contributed by atoms with Gasteiger partial charge in [-0.2, -0.15) is 0 Å². The van der Waals surface area contributed by atoms with Crippen LogP contribution in [0.1, 0.15) is 26.1 Å². The van der Waals surface area contributed by atoms with E-state index in [-0.39, 0.29) is 12.6 Å². The molecular weight excluding hydrogens is 234 g/mol. The van der Waals surface area contributed by atoms with Gasteiger partial charge in [0.2, 0.25) is 0 Å². The third-order valence-electron chi connectivity index (χ3n) is 2.63. The summed E-state index contributed by atoms with van der Waals surface area (Å²) < 4.78 is 0. The molecule has 0 saturated heterocycles. The van der Waals surface area contributed by atoms with Gasteiger partial charge in [0.25, 0.3) is 0 Å².